The topological polar surface area (TPSA) is 156 Å². The Balaban J connectivity index is 0.000000423. The number of phenolic OH excluding ortho intramolecular Hbond substituents is 4. The van der Waals surface area contributed by atoms with Crippen molar-refractivity contribution < 1.29 is 40.2 Å². The van der Waals surface area contributed by atoms with E-state index in [0.29, 0.717) is 12.8 Å². The molecule has 6 N–H and O–H groups in total. The van der Waals surface area contributed by atoms with Crippen LogP contribution >= 0.6 is 0 Å². The Labute approximate surface area is 169 Å². The van der Waals surface area contributed by atoms with E-state index < -0.39 is 11.9 Å². The second-order valence-corrected chi connectivity index (χ2v) is 6.09. The fraction of sp³-hybridized carbons (Fsp3) is 0.333. The molecule has 0 bridgehead atoms. The molecule has 0 saturated heterocycles. The fourth-order valence-electron chi connectivity index (χ4n) is 2.07. The number of carboxylic acid groups (broad SMARTS) is 2. The fourth-order valence-corrected chi connectivity index (χ4v) is 2.07. The second kappa shape index (κ2) is 15.6. The van der Waals surface area contributed by atoms with Crippen LogP contribution in [0.5, 0.6) is 23.0 Å². The van der Waals surface area contributed by atoms with Gasteiger partial charge in [-0.25, -0.2) is 0 Å². The molecule has 0 radical (unpaired) electrons. The molecular formula is C21H28O8. The summed E-state index contributed by atoms with van der Waals surface area (Å²) in [6.45, 7) is 0. The molecule has 29 heavy (non-hydrogen) atoms. The normalized spacial score (nSPS) is 9.38. The van der Waals surface area contributed by atoms with Gasteiger partial charge >= 0.3 is 11.9 Å². The van der Waals surface area contributed by atoms with E-state index >= 15 is 0 Å². The number of benzene rings is 2. The quantitative estimate of drug-likeness (QED) is 0.357. The molecule has 0 aliphatic heterocycles. The lowest BCUT2D eigenvalue weighted by atomic mass is 10.1. The maximum absolute atomic E-state index is 10.1. The summed E-state index contributed by atoms with van der Waals surface area (Å²) in [5.41, 5.74) is 0. The number of aliphatic carboxylic acids is 2. The van der Waals surface area contributed by atoms with E-state index in [1.54, 1.807) is 12.1 Å². The lowest BCUT2D eigenvalue weighted by Gasteiger charge is -1.97. The van der Waals surface area contributed by atoms with E-state index in [0.717, 1.165) is 19.3 Å². The lowest BCUT2D eigenvalue weighted by Crippen LogP contribution is -1.95. The van der Waals surface area contributed by atoms with E-state index in [-0.39, 0.29) is 35.8 Å². The van der Waals surface area contributed by atoms with Gasteiger partial charge in [0.2, 0.25) is 0 Å². The monoisotopic (exact) mass is 408 g/mol. The van der Waals surface area contributed by atoms with E-state index in [2.05, 4.69) is 0 Å². The van der Waals surface area contributed by atoms with E-state index in [1.165, 1.54) is 36.4 Å². The number of unbranched alkanes of at least 4 members (excludes halogenated alkanes) is 4. The number of hydrogen-bond donors (Lipinski definition) is 6. The van der Waals surface area contributed by atoms with E-state index in [1.807, 2.05) is 0 Å². The predicted octanol–water partition coefficient (Wildman–Crippen LogP) is 4.08. The molecule has 2 aromatic rings. The first-order valence-corrected chi connectivity index (χ1v) is 9.10. The Bertz CT molecular complexity index is 634. The first-order chi connectivity index (χ1) is 13.7. The van der Waals surface area contributed by atoms with Gasteiger partial charge in [-0.2, -0.15) is 0 Å². The van der Waals surface area contributed by atoms with Crippen LogP contribution in [-0.4, -0.2) is 42.6 Å². The van der Waals surface area contributed by atoms with Gasteiger partial charge in [0.1, 0.15) is 23.0 Å². The summed E-state index contributed by atoms with van der Waals surface area (Å²) in [4.78, 5) is 20.2. The van der Waals surface area contributed by atoms with Gasteiger partial charge in [0.05, 0.1) is 0 Å². The molecule has 0 saturated carbocycles. The molecule has 0 spiro atoms. The van der Waals surface area contributed by atoms with Gasteiger partial charge in [0.15, 0.2) is 0 Å². The highest BCUT2D eigenvalue weighted by molar-refractivity contribution is 5.66. The minimum atomic E-state index is -0.759. The molecule has 0 amide bonds. The Morgan fingerprint density at radius 2 is 0.828 bits per heavy atom. The Morgan fingerprint density at radius 3 is 1.03 bits per heavy atom. The van der Waals surface area contributed by atoms with Crippen LogP contribution in [0.4, 0.5) is 0 Å². The van der Waals surface area contributed by atoms with Gasteiger partial charge in [-0.15, -0.1) is 0 Å². The highest BCUT2D eigenvalue weighted by atomic mass is 16.4. The van der Waals surface area contributed by atoms with E-state index in [4.69, 9.17) is 30.6 Å². The molecule has 2 aromatic carbocycles. The molecule has 2 rings (SSSR count). The third kappa shape index (κ3) is 17.7. The number of carbonyl (C=O) groups is 2. The van der Waals surface area contributed by atoms with Crippen LogP contribution in [0.1, 0.15) is 44.9 Å². The van der Waals surface area contributed by atoms with Gasteiger partial charge in [0.25, 0.3) is 0 Å². The molecule has 0 fully saturated rings. The molecule has 160 valence electrons. The van der Waals surface area contributed by atoms with Crippen molar-refractivity contribution in [1.29, 1.82) is 0 Å². The maximum Gasteiger partial charge on any atom is 0.303 e. The van der Waals surface area contributed by atoms with Crippen LogP contribution in [0.2, 0.25) is 0 Å². The SMILES string of the molecule is O=C(O)CCCCCCCC(=O)O.Oc1cccc(O)c1.Oc1cccc(O)c1. The van der Waals surface area contributed by atoms with Crippen molar-refractivity contribution in [3.05, 3.63) is 48.5 Å². The third-order valence-electron chi connectivity index (χ3n) is 3.44. The number of aromatic hydroxyl groups is 4. The average Bonchev–Trinajstić information content (AvgIpc) is 2.61. The Kier molecular flexibility index (Phi) is 13.8. The Hall–Kier alpha value is -3.42. The van der Waals surface area contributed by atoms with Crippen molar-refractivity contribution in [2.24, 2.45) is 0 Å². The number of hydrogen-bond acceptors (Lipinski definition) is 6. The zero-order chi connectivity index (χ0) is 22.1. The molecule has 0 heterocycles. The summed E-state index contributed by atoms with van der Waals surface area (Å²) in [7, 11) is 0. The van der Waals surface area contributed by atoms with Crippen LogP contribution in [0.15, 0.2) is 48.5 Å². The third-order valence-corrected chi connectivity index (χ3v) is 3.44. The molecule has 0 aliphatic carbocycles. The zero-order valence-corrected chi connectivity index (χ0v) is 16.1. The molecule has 8 nitrogen and oxygen atoms in total. The van der Waals surface area contributed by atoms with Crippen molar-refractivity contribution >= 4 is 11.9 Å². The highest BCUT2D eigenvalue weighted by Crippen LogP contribution is 2.15. The van der Waals surface area contributed by atoms with Gasteiger partial charge in [-0.1, -0.05) is 31.4 Å². The standard InChI is InChI=1S/C9H16O4.2C6H6O2/c10-8(11)6-4-2-1-3-5-7-9(12)13;2*7-5-2-1-3-6(8)4-5/h1-7H2,(H,10,11)(H,12,13);2*1-4,7-8H. The number of carboxylic acids is 2. The molecule has 0 aliphatic rings. The van der Waals surface area contributed by atoms with Crippen molar-refractivity contribution in [3.8, 4) is 23.0 Å². The predicted molar refractivity (Wildman–Crippen MR) is 107 cm³/mol. The van der Waals surface area contributed by atoms with Crippen LogP contribution in [0.25, 0.3) is 0 Å². The van der Waals surface area contributed by atoms with Crippen LogP contribution in [0.3, 0.4) is 0 Å². The van der Waals surface area contributed by atoms with Gasteiger partial charge in [-0.3, -0.25) is 9.59 Å². The molecule has 0 atom stereocenters. The lowest BCUT2D eigenvalue weighted by molar-refractivity contribution is -0.138. The van der Waals surface area contributed by atoms with Crippen LogP contribution in [0, 0.1) is 0 Å². The summed E-state index contributed by atoms with van der Waals surface area (Å²) >= 11 is 0. The van der Waals surface area contributed by atoms with Crippen LogP contribution < -0.4 is 0 Å². The van der Waals surface area contributed by atoms with Crippen LogP contribution in [-0.2, 0) is 9.59 Å². The van der Waals surface area contributed by atoms with Gasteiger partial charge < -0.3 is 30.6 Å². The molecule has 8 heteroatoms. The zero-order valence-electron chi connectivity index (χ0n) is 16.1. The summed E-state index contributed by atoms with van der Waals surface area (Å²) in [6, 6.07) is 11.7. The smallest absolute Gasteiger partial charge is 0.303 e. The summed E-state index contributed by atoms with van der Waals surface area (Å²) in [5, 5.41) is 51.2. The second-order valence-electron chi connectivity index (χ2n) is 6.09. The minimum absolute atomic E-state index is 0.0880. The van der Waals surface area contributed by atoms with Crippen molar-refractivity contribution in [1.82, 2.24) is 0 Å². The summed E-state index contributed by atoms with van der Waals surface area (Å²) < 4.78 is 0. The Morgan fingerprint density at radius 1 is 0.552 bits per heavy atom. The minimum Gasteiger partial charge on any atom is -0.508 e. The maximum atomic E-state index is 10.1. The van der Waals surface area contributed by atoms with Gasteiger partial charge in [-0.05, 0) is 37.1 Å². The molecular weight excluding hydrogens is 380 g/mol. The number of phenols is 4. The summed E-state index contributed by atoms with van der Waals surface area (Å²) in [6.07, 6.45) is 4.53. The molecule has 0 unspecified atom stereocenters. The molecule has 0 aromatic heterocycles. The first kappa shape index (κ1) is 25.6. The van der Waals surface area contributed by atoms with Crippen molar-refractivity contribution in [2.75, 3.05) is 0 Å². The van der Waals surface area contributed by atoms with Crippen molar-refractivity contribution in [2.45, 2.75) is 44.9 Å². The summed E-state index contributed by atoms with van der Waals surface area (Å²) in [5.74, 6) is -1.17. The first-order valence-electron chi connectivity index (χ1n) is 9.10. The van der Waals surface area contributed by atoms with E-state index in [9.17, 15) is 9.59 Å². The largest absolute Gasteiger partial charge is 0.508 e. The van der Waals surface area contributed by atoms with Gasteiger partial charge in [0, 0.05) is 25.0 Å². The van der Waals surface area contributed by atoms with Crippen molar-refractivity contribution in [3.63, 3.8) is 0 Å². The highest BCUT2D eigenvalue weighted by Gasteiger charge is 1.98. The number of rotatable bonds is 8. The average molecular weight is 408 g/mol.